The third-order valence-corrected chi connectivity index (χ3v) is 0.745. The molecule has 0 aliphatic heterocycles. The van der Waals surface area contributed by atoms with Crippen molar-refractivity contribution in [2.45, 2.75) is 0 Å². The van der Waals surface area contributed by atoms with Crippen molar-refractivity contribution < 1.29 is 5.11 Å². The fourth-order valence-corrected chi connectivity index (χ4v) is 0.445. The molecular weight excluding hydrogens is 175 g/mol. The van der Waals surface area contributed by atoms with E-state index in [2.05, 4.69) is 4.98 Å². The average molecular weight is 183 g/mol. The molecule has 0 atom stereocenters. The van der Waals surface area contributed by atoms with Crippen LogP contribution < -0.4 is 5.73 Å². The van der Waals surface area contributed by atoms with Gasteiger partial charge >= 0.3 is 0 Å². The second-order valence-electron chi connectivity index (χ2n) is 1.48. The van der Waals surface area contributed by atoms with Crippen LogP contribution in [0, 0.1) is 0 Å². The first-order valence-electron chi connectivity index (χ1n) is 2.18. The van der Waals surface area contributed by atoms with Gasteiger partial charge in [0.1, 0.15) is 5.75 Å². The molecule has 0 aliphatic rings. The van der Waals surface area contributed by atoms with E-state index in [1.165, 1.54) is 18.5 Å². The zero-order chi connectivity index (χ0) is 5.98. The van der Waals surface area contributed by atoms with Gasteiger partial charge in [0.05, 0.1) is 18.1 Å². The number of hydrogen-bond acceptors (Lipinski definition) is 3. The lowest BCUT2D eigenvalue weighted by Gasteiger charge is -1.89. The molecule has 1 rings (SSSR count). The first-order chi connectivity index (χ1) is 3.79. The number of nitrogen functional groups attached to an aromatic ring is 1. The molecule has 5 heteroatoms. The van der Waals surface area contributed by atoms with Gasteiger partial charge < -0.3 is 10.8 Å². The number of rotatable bonds is 0. The topological polar surface area (TPSA) is 59.1 Å². The van der Waals surface area contributed by atoms with Crippen LogP contribution >= 0.6 is 24.8 Å². The summed E-state index contributed by atoms with van der Waals surface area (Å²) in [5, 5.41) is 8.67. The van der Waals surface area contributed by atoms with E-state index >= 15 is 0 Å². The Morgan fingerprint density at radius 3 is 2.20 bits per heavy atom. The molecule has 58 valence electrons. The smallest absolute Gasteiger partial charge is 0.135 e. The van der Waals surface area contributed by atoms with Crippen LogP contribution in [0.15, 0.2) is 18.5 Å². The van der Waals surface area contributed by atoms with Crippen molar-refractivity contribution in [3.63, 3.8) is 0 Å². The molecule has 0 spiro atoms. The normalized spacial score (nSPS) is 7.20. The molecule has 3 N–H and O–H groups in total. The highest BCUT2D eigenvalue weighted by Crippen LogP contribution is 2.08. The number of anilines is 1. The van der Waals surface area contributed by atoms with Crippen LogP contribution in [0.1, 0.15) is 0 Å². The van der Waals surface area contributed by atoms with Crippen molar-refractivity contribution in [2.75, 3.05) is 5.73 Å². The Bertz CT molecular complexity index is 178. The van der Waals surface area contributed by atoms with Gasteiger partial charge in [0.15, 0.2) is 0 Å². The van der Waals surface area contributed by atoms with Crippen molar-refractivity contribution in [1.29, 1.82) is 0 Å². The molecule has 0 saturated carbocycles. The van der Waals surface area contributed by atoms with Crippen LogP contribution in [0.3, 0.4) is 0 Å². The van der Waals surface area contributed by atoms with Gasteiger partial charge in [-0.3, -0.25) is 4.98 Å². The zero-order valence-corrected chi connectivity index (χ0v) is 6.65. The molecule has 0 radical (unpaired) electrons. The summed E-state index contributed by atoms with van der Waals surface area (Å²) in [5.74, 6) is 0.102. The van der Waals surface area contributed by atoms with Crippen molar-refractivity contribution in [3.05, 3.63) is 18.5 Å². The van der Waals surface area contributed by atoms with Gasteiger partial charge in [-0.2, -0.15) is 0 Å². The van der Waals surface area contributed by atoms with Gasteiger partial charge in [-0.1, -0.05) is 0 Å². The monoisotopic (exact) mass is 182 g/mol. The highest BCUT2D eigenvalue weighted by atomic mass is 35.5. The van der Waals surface area contributed by atoms with E-state index in [0.29, 0.717) is 5.69 Å². The van der Waals surface area contributed by atoms with E-state index in [0.717, 1.165) is 0 Å². The van der Waals surface area contributed by atoms with E-state index in [1.807, 2.05) is 0 Å². The first kappa shape index (κ1) is 12.0. The van der Waals surface area contributed by atoms with Crippen molar-refractivity contribution in [2.24, 2.45) is 0 Å². The van der Waals surface area contributed by atoms with Crippen LogP contribution in [0.5, 0.6) is 5.75 Å². The molecular formula is C5H8Cl2N2O. The second-order valence-corrected chi connectivity index (χ2v) is 1.48. The lowest BCUT2D eigenvalue weighted by atomic mass is 10.4. The predicted octanol–water partition coefficient (Wildman–Crippen LogP) is 1.21. The van der Waals surface area contributed by atoms with E-state index in [-0.39, 0.29) is 30.6 Å². The second kappa shape index (κ2) is 5.14. The minimum absolute atomic E-state index is 0. The van der Waals surface area contributed by atoms with Crippen molar-refractivity contribution >= 4 is 30.5 Å². The summed E-state index contributed by atoms with van der Waals surface area (Å²) in [4.78, 5) is 3.61. The van der Waals surface area contributed by atoms with Crippen LogP contribution in [-0.2, 0) is 0 Å². The van der Waals surface area contributed by atoms with Crippen LogP contribution in [0.4, 0.5) is 5.69 Å². The van der Waals surface area contributed by atoms with Gasteiger partial charge in [0.25, 0.3) is 0 Å². The van der Waals surface area contributed by atoms with Gasteiger partial charge in [0, 0.05) is 6.07 Å². The summed E-state index contributed by atoms with van der Waals surface area (Å²) in [6.45, 7) is 0. The predicted molar refractivity (Wildman–Crippen MR) is 44.8 cm³/mol. The molecule has 1 heterocycles. The molecule has 0 fully saturated rings. The van der Waals surface area contributed by atoms with E-state index in [4.69, 9.17) is 10.8 Å². The van der Waals surface area contributed by atoms with Crippen LogP contribution in [0.25, 0.3) is 0 Å². The lowest BCUT2D eigenvalue weighted by Crippen LogP contribution is -1.83. The number of pyridine rings is 1. The zero-order valence-electron chi connectivity index (χ0n) is 5.02. The third-order valence-electron chi connectivity index (χ3n) is 0.745. The molecule has 0 amide bonds. The number of nitrogens with two attached hydrogens (primary N) is 1. The molecule has 0 aliphatic carbocycles. The largest absolute Gasteiger partial charge is 0.506 e. The van der Waals surface area contributed by atoms with Gasteiger partial charge in [-0.05, 0) is 0 Å². The number of halogens is 2. The Morgan fingerprint density at radius 1 is 1.30 bits per heavy atom. The molecule has 10 heavy (non-hydrogen) atoms. The number of nitrogens with zero attached hydrogens (tertiary/aromatic N) is 1. The van der Waals surface area contributed by atoms with Gasteiger partial charge in [0.2, 0.25) is 0 Å². The molecule has 0 saturated heterocycles. The minimum Gasteiger partial charge on any atom is -0.506 e. The summed E-state index contributed by atoms with van der Waals surface area (Å²) in [5.41, 5.74) is 5.71. The van der Waals surface area contributed by atoms with E-state index in [1.54, 1.807) is 0 Å². The average Bonchev–Trinajstić information content (AvgIpc) is 1.64. The Hall–Kier alpha value is -0.670. The molecule has 3 nitrogen and oxygen atoms in total. The molecule has 1 aromatic rings. The third kappa shape index (κ3) is 3.37. The van der Waals surface area contributed by atoms with Gasteiger partial charge in [-0.15, -0.1) is 24.8 Å². The maximum atomic E-state index is 8.67. The van der Waals surface area contributed by atoms with E-state index < -0.39 is 0 Å². The lowest BCUT2D eigenvalue weighted by molar-refractivity contribution is 0.473. The maximum Gasteiger partial charge on any atom is 0.135 e. The Morgan fingerprint density at radius 2 is 1.90 bits per heavy atom. The van der Waals surface area contributed by atoms with Crippen molar-refractivity contribution in [3.8, 4) is 5.75 Å². The van der Waals surface area contributed by atoms with Crippen LogP contribution in [0.2, 0.25) is 0 Å². The molecule has 0 bridgehead atoms. The van der Waals surface area contributed by atoms with Crippen molar-refractivity contribution in [1.82, 2.24) is 4.98 Å². The Balaban J connectivity index is 0. The van der Waals surface area contributed by atoms with Crippen LogP contribution in [-0.4, -0.2) is 10.1 Å². The highest BCUT2D eigenvalue weighted by molar-refractivity contribution is 5.85. The Labute approximate surface area is 71.1 Å². The molecule has 0 aromatic carbocycles. The standard InChI is InChI=1S/C5H6N2O.2ClH/c6-4-1-5(8)3-7-2-4;;/h1-3,8H,6H2;2*1H. The minimum atomic E-state index is 0. The fraction of sp³-hybridized carbons (Fsp3) is 0. The highest BCUT2D eigenvalue weighted by Gasteiger charge is 1.84. The SMILES string of the molecule is Cl.Cl.Nc1cncc(O)c1. The van der Waals surface area contributed by atoms with E-state index in [9.17, 15) is 0 Å². The summed E-state index contributed by atoms with van der Waals surface area (Å²) in [6, 6.07) is 1.44. The fourth-order valence-electron chi connectivity index (χ4n) is 0.445. The quantitative estimate of drug-likeness (QED) is 0.635. The number of aromatic hydroxyl groups is 1. The number of hydrogen-bond donors (Lipinski definition) is 2. The van der Waals surface area contributed by atoms with Gasteiger partial charge in [-0.25, -0.2) is 0 Å². The summed E-state index contributed by atoms with van der Waals surface area (Å²) >= 11 is 0. The summed E-state index contributed by atoms with van der Waals surface area (Å²) < 4.78 is 0. The molecule has 1 aromatic heterocycles. The maximum absolute atomic E-state index is 8.67. The molecule has 0 unspecified atom stereocenters. The first-order valence-corrected chi connectivity index (χ1v) is 2.18. The number of aromatic nitrogens is 1. The Kier molecular flexibility index (Phi) is 6.20. The summed E-state index contributed by atoms with van der Waals surface area (Å²) in [6.07, 6.45) is 2.80. The summed E-state index contributed by atoms with van der Waals surface area (Å²) in [7, 11) is 0.